The summed E-state index contributed by atoms with van der Waals surface area (Å²) in [7, 11) is 3.37. The summed E-state index contributed by atoms with van der Waals surface area (Å²) >= 11 is 12.5. The number of ether oxygens (including phenoxy) is 2. The maximum Gasteiger partial charge on any atom is 1.00 e. The van der Waals surface area contributed by atoms with Gasteiger partial charge in [0.05, 0.1) is 47.7 Å². The Bertz CT molecular complexity index is 1790. The number of hydrogen-bond donors (Lipinski definition) is 2. The van der Waals surface area contributed by atoms with E-state index in [1.165, 1.54) is 0 Å². The molecule has 0 saturated carbocycles. The van der Waals surface area contributed by atoms with E-state index in [1.807, 2.05) is 72.8 Å². The molecule has 4 aromatic carbocycles. The van der Waals surface area contributed by atoms with Crippen LogP contribution in [0.1, 0.15) is 28.5 Å². The Balaban J connectivity index is 0.00000184. The van der Waals surface area contributed by atoms with Gasteiger partial charge in [0.1, 0.15) is 11.5 Å². The lowest BCUT2D eigenvalue weighted by Gasteiger charge is -2.15. The van der Waals surface area contributed by atoms with Gasteiger partial charge in [-0.15, -0.1) is 0 Å². The van der Waals surface area contributed by atoms with Gasteiger partial charge < -0.3 is 44.9 Å². The number of nitrogens with zero attached hydrogens (tertiary/aromatic N) is 2. The van der Waals surface area contributed by atoms with Crippen LogP contribution in [0.25, 0.3) is 43.6 Å². The van der Waals surface area contributed by atoms with Crippen LogP contribution in [0.2, 0.25) is 10.0 Å². The Hall–Kier alpha value is -3.42. The smallest absolute Gasteiger partial charge is 1.00 e. The molecule has 0 atom stereocenters. The fourth-order valence-corrected chi connectivity index (χ4v) is 5.79. The Morgan fingerprint density at radius 1 is 0.545 bits per heavy atom. The van der Waals surface area contributed by atoms with Gasteiger partial charge in [-0.2, -0.15) is 0 Å². The van der Waals surface area contributed by atoms with Crippen molar-refractivity contribution >= 4 is 78.2 Å². The lowest BCUT2D eigenvalue weighted by atomic mass is 10.1. The maximum atomic E-state index is 6.27. The van der Waals surface area contributed by atoms with Crippen molar-refractivity contribution in [3.63, 3.8) is 0 Å². The van der Waals surface area contributed by atoms with Gasteiger partial charge in [0, 0.05) is 44.7 Å². The number of unbranched alkanes of at least 4 members (excludes halogenated alkanes) is 3. The van der Waals surface area contributed by atoms with Crippen molar-refractivity contribution in [2.75, 3.05) is 37.9 Å². The second kappa shape index (κ2) is 15.0. The van der Waals surface area contributed by atoms with E-state index >= 15 is 0 Å². The molecule has 6 rings (SSSR count). The van der Waals surface area contributed by atoms with Crippen molar-refractivity contribution in [3.05, 3.63) is 82.8 Å². The molecule has 0 radical (unpaired) electrons. The summed E-state index contributed by atoms with van der Waals surface area (Å²) in [6.07, 6.45) is 4.34. The molecular formula is C34H34Cl4N4O2. The van der Waals surface area contributed by atoms with Crippen LogP contribution in [0, 0.1) is 0 Å². The number of pyridine rings is 2. The molecule has 2 aromatic heterocycles. The predicted octanol–water partition coefficient (Wildman–Crippen LogP) is 3.73. The van der Waals surface area contributed by atoms with Crippen LogP contribution in [0.15, 0.2) is 72.8 Å². The summed E-state index contributed by atoms with van der Waals surface area (Å²) in [6.45, 7) is 1.73. The molecule has 6 aromatic rings. The molecule has 2 N–H and O–H groups in total. The quantitative estimate of drug-likeness (QED) is 0.162. The highest BCUT2D eigenvalue weighted by molar-refractivity contribution is 6.32. The zero-order valence-corrected chi connectivity index (χ0v) is 27.4. The number of fused-ring (bicyclic) bond motifs is 4. The van der Waals surface area contributed by atoms with Gasteiger partial charge in [0.25, 0.3) is 0 Å². The van der Waals surface area contributed by atoms with E-state index in [9.17, 15) is 0 Å². The lowest BCUT2D eigenvalue weighted by molar-refractivity contribution is -0.00100. The zero-order valence-electron chi connectivity index (χ0n) is 26.4. The number of halogens is 4. The first-order chi connectivity index (χ1) is 20.5. The molecule has 0 fully saturated rings. The van der Waals surface area contributed by atoms with E-state index in [2.05, 4.69) is 10.6 Å². The fourth-order valence-electron chi connectivity index (χ4n) is 5.46. The molecule has 44 heavy (non-hydrogen) atoms. The van der Waals surface area contributed by atoms with Crippen molar-refractivity contribution in [2.24, 2.45) is 0 Å². The highest BCUT2D eigenvalue weighted by Crippen LogP contribution is 2.35. The highest BCUT2D eigenvalue weighted by Gasteiger charge is 2.12. The van der Waals surface area contributed by atoms with E-state index < -0.39 is 0 Å². The van der Waals surface area contributed by atoms with Gasteiger partial charge in [-0.05, 0) is 85.6 Å². The number of nitrogens with one attached hydrogen (secondary N) is 2. The van der Waals surface area contributed by atoms with Crippen LogP contribution in [0.5, 0.6) is 11.5 Å². The Morgan fingerprint density at radius 2 is 0.977 bits per heavy atom. The first-order valence-corrected chi connectivity index (χ1v) is 14.9. The minimum absolute atomic E-state index is 0. The number of aromatic nitrogens is 2. The average Bonchev–Trinajstić information content (AvgIpc) is 3.00. The van der Waals surface area contributed by atoms with Crippen molar-refractivity contribution in [3.8, 4) is 11.5 Å². The predicted molar refractivity (Wildman–Crippen MR) is 179 cm³/mol. The van der Waals surface area contributed by atoms with Crippen molar-refractivity contribution in [2.45, 2.75) is 25.7 Å². The largest absolute Gasteiger partial charge is 1.00 e. The molecule has 230 valence electrons. The summed E-state index contributed by atoms with van der Waals surface area (Å²) in [5.74, 6) is 1.62. The third kappa shape index (κ3) is 7.10. The van der Waals surface area contributed by atoms with Crippen LogP contribution in [-0.4, -0.2) is 37.3 Å². The van der Waals surface area contributed by atoms with Crippen molar-refractivity contribution < 1.29 is 37.1 Å². The Morgan fingerprint density at radius 3 is 1.39 bits per heavy atom. The SMILES string of the molecule is COc1ccc2nc3cc(Cl)ccc3c(NCCCCCCNc3c4ccc(Cl)cc4nc4ccc(OC)cc34)c2c1.[Cl-].[Cl-].[H+].[H+]. The number of methoxy groups -OCH3 is 2. The topological polar surface area (TPSA) is 68.3 Å². The van der Waals surface area contributed by atoms with Crippen molar-refractivity contribution in [1.82, 2.24) is 9.97 Å². The van der Waals surface area contributed by atoms with E-state index in [4.69, 9.17) is 42.6 Å². The van der Waals surface area contributed by atoms with E-state index in [0.717, 1.165) is 105 Å². The molecule has 0 saturated heterocycles. The molecule has 10 heteroatoms. The molecule has 0 amide bonds. The second-order valence-corrected chi connectivity index (χ2v) is 11.2. The van der Waals surface area contributed by atoms with Gasteiger partial charge in [-0.25, -0.2) is 9.97 Å². The molecular weight excluding hydrogens is 638 g/mol. The van der Waals surface area contributed by atoms with E-state index in [1.54, 1.807) is 14.2 Å². The monoisotopic (exact) mass is 670 g/mol. The molecule has 0 aliphatic carbocycles. The van der Waals surface area contributed by atoms with Crippen molar-refractivity contribution in [1.29, 1.82) is 0 Å². The molecule has 0 spiro atoms. The minimum atomic E-state index is 0. The molecule has 0 aliphatic rings. The molecule has 0 bridgehead atoms. The normalized spacial score (nSPS) is 10.9. The summed E-state index contributed by atoms with van der Waals surface area (Å²) in [6, 6.07) is 23.7. The second-order valence-electron chi connectivity index (χ2n) is 10.3. The fraction of sp³-hybridized carbons (Fsp3) is 0.235. The number of hydrogen-bond acceptors (Lipinski definition) is 6. The number of anilines is 2. The lowest BCUT2D eigenvalue weighted by Crippen LogP contribution is -3.00. The molecule has 6 nitrogen and oxygen atoms in total. The third-order valence-electron chi connectivity index (χ3n) is 7.59. The molecule has 0 unspecified atom stereocenters. The third-order valence-corrected chi connectivity index (χ3v) is 8.06. The Labute approximate surface area is 282 Å². The van der Waals surface area contributed by atoms with Crippen LogP contribution in [-0.2, 0) is 0 Å². The summed E-state index contributed by atoms with van der Waals surface area (Å²) in [4.78, 5) is 9.65. The number of rotatable bonds is 11. The molecule has 2 heterocycles. The first kappa shape index (κ1) is 33.5. The summed E-state index contributed by atoms with van der Waals surface area (Å²) in [5, 5.41) is 12.9. The Kier molecular flexibility index (Phi) is 11.4. The highest BCUT2D eigenvalue weighted by atomic mass is 35.5. The summed E-state index contributed by atoms with van der Waals surface area (Å²) < 4.78 is 11.0. The van der Waals surface area contributed by atoms with Gasteiger partial charge in [-0.1, -0.05) is 36.0 Å². The first-order valence-electron chi connectivity index (χ1n) is 14.2. The van der Waals surface area contributed by atoms with E-state index in [-0.39, 0.29) is 27.7 Å². The molecule has 0 aliphatic heterocycles. The maximum absolute atomic E-state index is 6.27. The average molecular weight is 672 g/mol. The van der Waals surface area contributed by atoms with Crippen LogP contribution in [0.4, 0.5) is 11.4 Å². The van der Waals surface area contributed by atoms with Gasteiger partial charge >= 0.3 is 2.85 Å². The standard InChI is InChI=1S/C34H32Cl2N4O2.2ClH/c1-41-23-9-13-29-27(19-23)33(25-11-7-21(35)17-31(25)39-29)37-15-5-3-4-6-16-38-34-26-12-8-22(36)18-32(26)40-30-14-10-24(42-2)20-28(30)34;;/h7-14,17-20H,3-6,15-16H2,1-2H3,(H,37,39)(H,38,40);2*1H. The summed E-state index contributed by atoms with van der Waals surface area (Å²) in [5.41, 5.74) is 5.72. The zero-order chi connectivity index (χ0) is 29.1. The van der Waals surface area contributed by atoms with E-state index in [0.29, 0.717) is 10.0 Å². The van der Waals surface area contributed by atoms with Gasteiger partial charge in [0.2, 0.25) is 0 Å². The van der Waals surface area contributed by atoms with Gasteiger partial charge in [-0.3, -0.25) is 0 Å². The number of benzene rings is 4. The van der Waals surface area contributed by atoms with Gasteiger partial charge in [0.15, 0.2) is 0 Å². The van der Waals surface area contributed by atoms with Crippen LogP contribution in [0.3, 0.4) is 0 Å². The minimum Gasteiger partial charge on any atom is -1.00 e. The van der Waals surface area contributed by atoms with Crippen LogP contribution < -0.4 is 44.9 Å². The van der Waals surface area contributed by atoms with Crippen LogP contribution >= 0.6 is 23.2 Å².